The van der Waals surface area contributed by atoms with Gasteiger partial charge in [-0.25, -0.2) is 0 Å². The number of hydrogen-bond acceptors (Lipinski definition) is 3. The van der Waals surface area contributed by atoms with E-state index in [1.165, 1.54) is 19.3 Å². The number of nitrogens with one attached hydrogen (secondary N) is 1. The molecule has 1 fully saturated rings. The molecule has 1 aromatic rings. The van der Waals surface area contributed by atoms with Gasteiger partial charge in [0.2, 0.25) is 0 Å². The molecule has 1 aliphatic rings. The highest BCUT2D eigenvalue weighted by atomic mass is 15.4. The minimum absolute atomic E-state index is 0.593. The van der Waals surface area contributed by atoms with Crippen LogP contribution in [0.2, 0.25) is 0 Å². The van der Waals surface area contributed by atoms with Gasteiger partial charge in [-0.2, -0.15) is 0 Å². The van der Waals surface area contributed by atoms with Crippen LogP contribution < -0.4 is 5.32 Å². The molecular formula is C10H18N4. The van der Waals surface area contributed by atoms with Crippen LogP contribution >= 0.6 is 0 Å². The third-order valence-corrected chi connectivity index (χ3v) is 2.77. The second-order valence-corrected chi connectivity index (χ2v) is 3.93. The minimum atomic E-state index is 0.593. The van der Waals surface area contributed by atoms with Crippen LogP contribution in [0, 0.1) is 0 Å². The van der Waals surface area contributed by atoms with E-state index in [2.05, 4.69) is 28.7 Å². The van der Waals surface area contributed by atoms with Crippen molar-refractivity contribution >= 4 is 0 Å². The van der Waals surface area contributed by atoms with Crippen molar-refractivity contribution in [2.45, 2.75) is 45.2 Å². The third-order valence-electron chi connectivity index (χ3n) is 2.77. The fourth-order valence-electron chi connectivity index (χ4n) is 1.90. The molecule has 0 spiro atoms. The molecule has 0 bridgehead atoms. The van der Waals surface area contributed by atoms with Crippen LogP contribution in [-0.2, 0) is 13.0 Å². The first kappa shape index (κ1) is 9.65. The molecule has 0 amide bonds. The summed E-state index contributed by atoms with van der Waals surface area (Å²) in [4.78, 5) is 0. The van der Waals surface area contributed by atoms with E-state index in [0.717, 1.165) is 25.2 Å². The SMILES string of the molecule is CCc1cn(CC2CCCCN2)nn1. The zero-order valence-electron chi connectivity index (χ0n) is 8.74. The summed E-state index contributed by atoms with van der Waals surface area (Å²) in [5.74, 6) is 0. The van der Waals surface area contributed by atoms with E-state index in [1.54, 1.807) is 0 Å². The molecule has 0 aromatic carbocycles. The van der Waals surface area contributed by atoms with Crippen LogP contribution in [0.5, 0.6) is 0 Å². The van der Waals surface area contributed by atoms with E-state index >= 15 is 0 Å². The first-order chi connectivity index (χ1) is 6.88. The van der Waals surface area contributed by atoms with Crippen molar-refractivity contribution in [2.24, 2.45) is 0 Å². The van der Waals surface area contributed by atoms with Crippen LogP contribution in [0.4, 0.5) is 0 Å². The molecule has 1 saturated heterocycles. The molecule has 1 aromatic heterocycles. The number of piperidine rings is 1. The van der Waals surface area contributed by atoms with Crippen LogP contribution in [-0.4, -0.2) is 27.6 Å². The molecule has 4 heteroatoms. The Morgan fingerprint density at radius 2 is 2.50 bits per heavy atom. The zero-order valence-corrected chi connectivity index (χ0v) is 8.74. The topological polar surface area (TPSA) is 42.7 Å². The summed E-state index contributed by atoms with van der Waals surface area (Å²) in [6, 6.07) is 0.593. The van der Waals surface area contributed by atoms with Gasteiger partial charge in [0.05, 0.1) is 12.2 Å². The van der Waals surface area contributed by atoms with Gasteiger partial charge in [-0.15, -0.1) is 5.10 Å². The summed E-state index contributed by atoms with van der Waals surface area (Å²) < 4.78 is 1.96. The fraction of sp³-hybridized carbons (Fsp3) is 0.800. The monoisotopic (exact) mass is 194 g/mol. The number of aryl methyl sites for hydroxylation is 1. The van der Waals surface area contributed by atoms with Crippen molar-refractivity contribution in [3.05, 3.63) is 11.9 Å². The fourth-order valence-corrected chi connectivity index (χ4v) is 1.90. The molecule has 1 atom stereocenters. The highest BCUT2D eigenvalue weighted by Gasteiger charge is 2.13. The lowest BCUT2D eigenvalue weighted by molar-refractivity contribution is 0.348. The molecule has 0 aliphatic carbocycles. The van der Waals surface area contributed by atoms with Gasteiger partial charge in [0.25, 0.3) is 0 Å². The Morgan fingerprint density at radius 1 is 1.57 bits per heavy atom. The Bertz CT molecular complexity index is 275. The largest absolute Gasteiger partial charge is 0.312 e. The van der Waals surface area contributed by atoms with E-state index in [-0.39, 0.29) is 0 Å². The summed E-state index contributed by atoms with van der Waals surface area (Å²) >= 11 is 0. The van der Waals surface area contributed by atoms with E-state index in [9.17, 15) is 0 Å². The van der Waals surface area contributed by atoms with Gasteiger partial charge in [-0.05, 0) is 25.8 Å². The smallest absolute Gasteiger partial charge is 0.0824 e. The first-order valence-electron chi connectivity index (χ1n) is 5.51. The Labute approximate surface area is 84.7 Å². The summed E-state index contributed by atoms with van der Waals surface area (Å²) in [7, 11) is 0. The van der Waals surface area contributed by atoms with Gasteiger partial charge in [-0.1, -0.05) is 18.6 Å². The molecule has 1 N–H and O–H groups in total. The van der Waals surface area contributed by atoms with E-state index in [4.69, 9.17) is 0 Å². The van der Waals surface area contributed by atoms with Gasteiger partial charge in [0, 0.05) is 12.2 Å². The van der Waals surface area contributed by atoms with Crippen LogP contribution in [0.3, 0.4) is 0 Å². The highest BCUT2D eigenvalue weighted by Crippen LogP contribution is 2.08. The van der Waals surface area contributed by atoms with Gasteiger partial charge in [0.15, 0.2) is 0 Å². The van der Waals surface area contributed by atoms with Gasteiger partial charge in [0.1, 0.15) is 0 Å². The normalized spacial score (nSPS) is 22.5. The standard InChI is InChI=1S/C10H18N4/c1-2-9-7-14(13-12-9)8-10-5-3-4-6-11-10/h7,10-11H,2-6,8H2,1H3. The molecule has 2 heterocycles. The molecule has 0 radical (unpaired) electrons. The quantitative estimate of drug-likeness (QED) is 0.780. The van der Waals surface area contributed by atoms with Gasteiger partial charge < -0.3 is 5.32 Å². The maximum atomic E-state index is 4.11. The second-order valence-electron chi connectivity index (χ2n) is 3.93. The van der Waals surface area contributed by atoms with Gasteiger partial charge >= 0.3 is 0 Å². The van der Waals surface area contributed by atoms with Crippen molar-refractivity contribution in [1.82, 2.24) is 20.3 Å². The summed E-state index contributed by atoms with van der Waals surface area (Å²) in [6.07, 6.45) is 6.94. The molecule has 78 valence electrons. The van der Waals surface area contributed by atoms with E-state index < -0.39 is 0 Å². The number of hydrogen-bond donors (Lipinski definition) is 1. The maximum absolute atomic E-state index is 4.11. The zero-order chi connectivity index (χ0) is 9.80. The Hall–Kier alpha value is -0.900. The first-order valence-corrected chi connectivity index (χ1v) is 5.51. The maximum Gasteiger partial charge on any atom is 0.0824 e. The predicted molar refractivity (Wildman–Crippen MR) is 55.0 cm³/mol. The van der Waals surface area contributed by atoms with E-state index in [1.807, 2.05) is 4.68 Å². The second kappa shape index (κ2) is 4.55. The summed E-state index contributed by atoms with van der Waals surface area (Å²) in [6.45, 7) is 4.22. The van der Waals surface area contributed by atoms with Crippen molar-refractivity contribution in [3.8, 4) is 0 Å². The number of rotatable bonds is 3. The average Bonchev–Trinajstić information content (AvgIpc) is 2.67. The molecule has 1 aliphatic heterocycles. The molecule has 0 saturated carbocycles. The number of nitrogens with zero attached hydrogens (tertiary/aromatic N) is 3. The minimum Gasteiger partial charge on any atom is -0.312 e. The molecule has 4 nitrogen and oxygen atoms in total. The van der Waals surface area contributed by atoms with Crippen LogP contribution in [0.15, 0.2) is 6.20 Å². The highest BCUT2D eigenvalue weighted by molar-refractivity contribution is 4.91. The summed E-state index contributed by atoms with van der Waals surface area (Å²) in [5.41, 5.74) is 1.08. The van der Waals surface area contributed by atoms with E-state index in [0.29, 0.717) is 6.04 Å². The predicted octanol–water partition coefficient (Wildman–Crippen LogP) is 0.983. The third kappa shape index (κ3) is 2.32. The summed E-state index contributed by atoms with van der Waals surface area (Å²) in [5, 5.41) is 11.7. The van der Waals surface area contributed by atoms with Crippen LogP contribution in [0.25, 0.3) is 0 Å². The molecule has 2 rings (SSSR count). The molecular weight excluding hydrogens is 176 g/mol. The Morgan fingerprint density at radius 3 is 3.14 bits per heavy atom. The lowest BCUT2D eigenvalue weighted by Crippen LogP contribution is -2.37. The van der Waals surface area contributed by atoms with Gasteiger partial charge in [-0.3, -0.25) is 4.68 Å². The molecule has 14 heavy (non-hydrogen) atoms. The lowest BCUT2D eigenvalue weighted by atomic mass is 10.1. The Balaban J connectivity index is 1.89. The van der Waals surface area contributed by atoms with Crippen molar-refractivity contribution in [1.29, 1.82) is 0 Å². The van der Waals surface area contributed by atoms with Crippen molar-refractivity contribution < 1.29 is 0 Å². The van der Waals surface area contributed by atoms with Crippen molar-refractivity contribution in [3.63, 3.8) is 0 Å². The molecule has 1 unspecified atom stereocenters. The van der Waals surface area contributed by atoms with Crippen molar-refractivity contribution in [2.75, 3.05) is 6.54 Å². The number of aromatic nitrogens is 3. The average molecular weight is 194 g/mol. The lowest BCUT2D eigenvalue weighted by Gasteiger charge is -2.22. The van der Waals surface area contributed by atoms with Crippen LogP contribution in [0.1, 0.15) is 31.9 Å². The Kier molecular flexibility index (Phi) is 3.14.